The number of carboxylic acid groups (broad SMARTS) is 1. The minimum Gasteiger partial charge on any atom is -0.493 e. The second kappa shape index (κ2) is 11.1. The molecule has 0 aliphatic rings. The number of carbonyl (C=O) groups is 2. The predicted molar refractivity (Wildman–Crippen MR) is 123 cm³/mol. The normalized spacial score (nSPS) is 12.5. The van der Waals surface area contributed by atoms with Crippen molar-refractivity contribution in [3.8, 4) is 11.5 Å². The van der Waals surface area contributed by atoms with Gasteiger partial charge >= 0.3 is 11.9 Å². The summed E-state index contributed by atoms with van der Waals surface area (Å²) >= 11 is 6.73. The second-order valence-corrected chi connectivity index (χ2v) is 8.42. The molecule has 1 atom stereocenters. The lowest BCUT2D eigenvalue weighted by atomic mass is 10.1. The monoisotopic (exact) mass is 537 g/mol. The first-order valence-corrected chi connectivity index (χ1v) is 10.6. The van der Waals surface area contributed by atoms with Gasteiger partial charge in [0.1, 0.15) is 6.04 Å². The highest BCUT2D eigenvalue weighted by molar-refractivity contribution is 9.10. The van der Waals surface area contributed by atoms with Crippen molar-refractivity contribution in [1.82, 2.24) is 0 Å². The molecule has 2 aromatic rings. The van der Waals surface area contributed by atoms with Crippen molar-refractivity contribution < 1.29 is 24.2 Å². The Balaban J connectivity index is 2.19. The number of aliphatic imine (C=N–C) groups is 1. The largest absolute Gasteiger partial charge is 0.493 e. The molecule has 158 valence electrons. The maximum atomic E-state index is 12.2. The molecule has 0 aliphatic heterocycles. The molecule has 0 fully saturated rings. The first-order valence-electron chi connectivity index (χ1n) is 9.00. The zero-order chi connectivity index (χ0) is 22.3. The Morgan fingerprint density at radius 2 is 1.77 bits per heavy atom. The summed E-state index contributed by atoms with van der Waals surface area (Å²) < 4.78 is 12.2. The van der Waals surface area contributed by atoms with Gasteiger partial charge in [-0.05, 0) is 63.3 Å². The average Bonchev–Trinajstić information content (AvgIpc) is 2.68. The molecule has 2 rings (SSSR count). The highest BCUT2D eigenvalue weighted by Crippen LogP contribution is 2.36. The van der Waals surface area contributed by atoms with E-state index in [0.29, 0.717) is 15.8 Å². The molecule has 0 amide bonds. The highest BCUT2D eigenvalue weighted by Gasteiger charge is 2.20. The fraction of sp³-hybridized carbons (Fsp3) is 0.227. The molecule has 0 spiro atoms. The molecule has 1 unspecified atom stereocenters. The molecule has 0 saturated carbocycles. The van der Waals surface area contributed by atoms with Crippen LogP contribution in [0.15, 0.2) is 56.4 Å². The number of carbonyl (C=O) groups excluding carboxylic acids is 1. The lowest BCUT2D eigenvalue weighted by Crippen LogP contribution is -2.24. The van der Waals surface area contributed by atoms with Gasteiger partial charge in [-0.1, -0.05) is 41.9 Å². The van der Waals surface area contributed by atoms with Crippen LogP contribution < -0.4 is 9.47 Å². The number of methoxy groups -OCH3 is 1. The number of aliphatic carboxylic acids is 1. The van der Waals surface area contributed by atoms with Crippen molar-refractivity contribution in [2.24, 2.45) is 10.9 Å². The van der Waals surface area contributed by atoms with Gasteiger partial charge in [0.05, 0.1) is 11.6 Å². The van der Waals surface area contributed by atoms with Crippen molar-refractivity contribution in [3.63, 3.8) is 0 Å². The third kappa shape index (κ3) is 6.81. The quantitative estimate of drug-likeness (QED) is 0.211. The molecule has 0 aromatic heterocycles. The molecule has 0 aliphatic carbocycles. The van der Waals surface area contributed by atoms with Crippen LogP contribution in [0.2, 0.25) is 0 Å². The summed E-state index contributed by atoms with van der Waals surface area (Å²) in [5.74, 6) is -1.17. The summed E-state index contributed by atoms with van der Waals surface area (Å²) in [6.45, 7) is 3.58. The van der Waals surface area contributed by atoms with Gasteiger partial charge in [0.15, 0.2) is 11.5 Å². The van der Waals surface area contributed by atoms with Crippen molar-refractivity contribution >= 4 is 56.1 Å². The summed E-state index contributed by atoms with van der Waals surface area (Å²) in [5.41, 5.74) is 1.46. The molecule has 0 saturated heterocycles. The van der Waals surface area contributed by atoms with Gasteiger partial charge in [0.25, 0.3) is 0 Å². The van der Waals surface area contributed by atoms with E-state index in [9.17, 15) is 14.7 Å². The standard InChI is InChI=1S/C22H21Br2NO5/c1-13(2)20(22(27)28)25-12-15-10-17(24)21(18(11-15)29-3)30-19(26)9-6-14-4-7-16(23)8-5-14/h4-13,20H,1-3H3,(H,27,28)/b9-6+,25-12?. The van der Waals surface area contributed by atoms with E-state index in [1.807, 2.05) is 24.3 Å². The number of hydrogen-bond acceptors (Lipinski definition) is 5. The van der Waals surface area contributed by atoms with E-state index in [0.717, 1.165) is 10.0 Å². The van der Waals surface area contributed by atoms with E-state index >= 15 is 0 Å². The van der Waals surface area contributed by atoms with Gasteiger partial charge < -0.3 is 14.6 Å². The molecular formula is C22H21Br2NO5. The fourth-order valence-corrected chi connectivity index (χ4v) is 3.28. The van der Waals surface area contributed by atoms with Crippen LogP contribution in [0.1, 0.15) is 25.0 Å². The molecule has 30 heavy (non-hydrogen) atoms. The molecule has 8 heteroatoms. The van der Waals surface area contributed by atoms with E-state index in [4.69, 9.17) is 9.47 Å². The molecule has 0 bridgehead atoms. The number of benzene rings is 2. The van der Waals surface area contributed by atoms with Crippen LogP contribution in [0.4, 0.5) is 0 Å². The van der Waals surface area contributed by atoms with Crippen LogP contribution in [-0.2, 0) is 9.59 Å². The number of ether oxygens (including phenoxy) is 2. The maximum absolute atomic E-state index is 12.2. The topological polar surface area (TPSA) is 85.2 Å². The lowest BCUT2D eigenvalue weighted by Gasteiger charge is -2.12. The summed E-state index contributed by atoms with van der Waals surface area (Å²) in [6.07, 6.45) is 4.43. The SMILES string of the molecule is COc1cc(C=NC(C(=O)O)C(C)C)cc(Br)c1OC(=O)/C=C/c1ccc(Br)cc1. The Labute approximate surface area is 191 Å². The minimum atomic E-state index is -0.990. The van der Waals surface area contributed by atoms with Crippen LogP contribution in [0.25, 0.3) is 6.08 Å². The Kier molecular flexibility index (Phi) is 8.80. The highest BCUT2D eigenvalue weighted by atomic mass is 79.9. The van der Waals surface area contributed by atoms with Crippen LogP contribution in [0, 0.1) is 5.92 Å². The summed E-state index contributed by atoms with van der Waals surface area (Å²) in [6, 6.07) is 9.91. The van der Waals surface area contributed by atoms with Gasteiger partial charge in [-0.15, -0.1) is 0 Å². The summed E-state index contributed by atoms with van der Waals surface area (Å²) in [5, 5.41) is 9.25. The van der Waals surface area contributed by atoms with Crippen molar-refractivity contribution in [3.05, 3.63) is 62.5 Å². The predicted octanol–water partition coefficient (Wildman–Crippen LogP) is 5.37. The second-order valence-electron chi connectivity index (χ2n) is 6.65. The number of hydrogen-bond donors (Lipinski definition) is 1. The molecule has 6 nitrogen and oxygen atoms in total. The summed E-state index contributed by atoms with van der Waals surface area (Å²) in [7, 11) is 1.45. The van der Waals surface area contributed by atoms with E-state index in [2.05, 4.69) is 36.9 Å². The van der Waals surface area contributed by atoms with Gasteiger partial charge in [0.2, 0.25) is 0 Å². The van der Waals surface area contributed by atoms with Gasteiger partial charge in [0, 0.05) is 16.8 Å². The molecule has 0 heterocycles. The Morgan fingerprint density at radius 1 is 1.10 bits per heavy atom. The van der Waals surface area contributed by atoms with Crippen LogP contribution >= 0.6 is 31.9 Å². The number of esters is 1. The molecule has 1 N–H and O–H groups in total. The van der Waals surface area contributed by atoms with Crippen molar-refractivity contribution in [2.45, 2.75) is 19.9 Å². The van der Waals surface area contributed by atoms with E-state index in [1.165, 1.54) is 19.4 Å². The number of rotatable bonds is 8. The van der Waals surface area contributed by atoms with E-state index in [1.54, 1.807) is 32.1 Å². The van der Waals surface area contributed by atoms with Crippen molar-refractivity contribution in [1.29, 1.82) is 0 Å². The smallest absolute Gasteiger partial charge is 0.336 e. The Morgan fingerprint density at radius 3 is 2.33 bits per heavy atom. The summed E-state index contributed by atoms with van der Waals surface area (Å²) in [4.78, 5) is 27.7. The third-order valence-electron chi connectivity index (χ3n) is 4.00. The fourth-order valence-electron chi connectivity index (χ4n) is 2.47. The zero-order valence-electron chi connectivity index (χ0n) is 16.6. The van der Waals surface area contributed by atoms with Gasteiger partial charge in [-0.25, -0.2) is 9.59 Å². The van der Waals surface area contributed by atoms with E-state index < -0.39 is 18.0 Å². The van der Waals surface area contributed by atoms with Gasteiger partial charge in [-0.3, -0.25) is 4.99 Å². The molecular weight excluding hydrogens is 518 g/mol. The number of halogens is 2. The number of nitrogens with zero attached hydrogens (tertiary/aromatic N) is 1. The number of carboxylic acids is 1. The van der Waals surface area contributed by atoms with Crippen LogP contribution in [-0.4, -0.2) is 36.4 Å². The zero-order valence-corrected chi connectivity index (χ0v) is 19.8. The van der Waals surface area contributed by atoms with Crippen molar-refractivity contribution in [2.75, 3.05) is 7.11 Å². The Bertz CT molecular complexity index is 968. The van der Waals surface area contributed by atoms with Gasteiger partial charge in [-0.2, -0.15) is 0 Å². The molecule has 2 aromatic carbocycles. The Hall–Kier alpha value is -2.45. The third-order valence-corrected chi connectivity index (χ3v) is 5.12. The first kappa shape index (κ1) is 23.8. The van der Waals surface area contributed by atoms with E-state index in [-0.39, 0.29) is 11.7 Å². The maximum Gasteiger partial charge on any atom is 0.336 e. The minimum absolute atomic E-state index is 0.151. The molecule has 0 radical (unpaired) electrons. The average molecular weight is 539 g/mol. The van der Waals surface area contributed by atoms with Crippen LogP contribution in [0.5, 0.6) is 11.5 Å². The lowest BCUT2D eigenvalue weighted by molar-refractivity contribution is -0.139. The first-order chi connectivity index (χ1) is 14.2. The van der Waals surface area contributed by atoms with Crippen LogP contribution in [0.3, 0.4) is 0 Å².